The molecule has 37 heavy (non-hydrogen) atoms. The van der Waals surface area contributed by atoms with Crippen molar-refractivity contribution in [2.45, 2.75) is 51.6 Å². The van der Waals surface area contributed by atoms with E-state index in [9.17, 15) is 22.8 Å². The quantitative estimate of drug-likeness (QED) is 0.486. The molecule has 1 fully saturated rings. The zero-order chi connectivity index (χ0) is 27.4. The van der Waals surface area contributed by atoms with E-state index in [2.05, 4.69) is 22.4 Å². The minimum atomic E-state index is -5.08. The lowest BCUT2D eigenvalue weighted by atomic mass is 9.51. The smallest absolute Gasteiger partial charge is 0.490 e. The van der Waals surface area contributed by atoms with Gasteiger partial charge in [0.05, 0.1) is 13.0 Å². The van der Waals surface area contributed by atoms with E-state index in [-0.39, 0.29) is 18.1 Å². The highest BCUT2D eigenvalue weighted by Gasteiger charge is 2.56. The average Bonchev–Trinajstić information content (AvgIpc) is 2.83. The van der Waals surface area contributed by atoms with Gasteiger partial charge in [-0.15, -0.1) is 0 Å². The number of pyridine rings is 1. The molecule has 2 aromatic rings. The lowest BCUT2D eigenvalue weighted by molar-refractivity contribution is -0.192. The minimum absolute atomic E-state index is 0.0299. The summed E-state index contributed by atoms with van der Waals surface area (Å²) < 4.78 is 37.6. The molecule has 1 aromatic carbocycles. The Morgan fingerprint density at radius 2 is 1.78 bits per heavy atom. The highest BCUT2D eigenvalue weighted by Crippen LogP contribution is 2.55. The molecule has 11 heteroatoms. The van der Waals surface area contributed by atoms with Crippen LogP contribution in [-0.2, 0) is 27.2 Å². The Labute approximate surface area is 211 Å². The van der Waals surface area contributed by atoms with E-state index in [0.29, 0.717) is 6.61 Å². The summed E-state index contributed by atoms with van der Waals surface area (Å²) in [5, 5.41) is 19.6. The van der Waals surface area contributed by atoms with E-state index >= 15 is 0 Å². The van der Waals surface area contributed by atoms with Crippen molar-refractivity contribution < 1.29 is 42.5 Å². The van der Waals surface area contributed by atoms with E-state index < -0.39 is 29.4 Å². The Morgan fingerprint density at radius 3 is 2.38 bits per heavy atom. The Hall–Kier alpha value is -3.63. The molecular weight excluding hydrogens is 493 g/mol. The van der Waals surface area contributed by atoms with Gasteiger partial charge in [-0.1, -0.05) is 32.0 Å². The molecule has 2 heterocycles. The number of aromatic nitrogens is 1. The van der Waals surface area contributed by atoms with Gasteiger partial charge in [-0.05, 0) is 42.2 Å². The van der Waals surface area contributed by atoms with E-state index in [4.69, 9.17) is 19.7 Å². The molecule has 0 bridgehead atoms. The summed E-state index contributed by atoms with van der Waals surface area (Å²) in [5.41, 5.74) is 2.74. The van der Waals surface area contributed by atoms with Crippen molar-refractivity contribution in [3.63, 3.8) is 0 Å². The number of aryl methyl sites for hydroxylation is 1. The van der Waals surface area contributed by atoms with Gasteiger partial charge in [-0.2, -0.15) is 13.2 Å². The SMILES string of the molecule is CC1(C)C(=O)C(CC(=O)O)C1c1ccc(OCCc2ccc3c(n2)NCCC3)cc1.O=C(O)C(F)(F)F. The van der Waals surface area contributed by atoms with Crippen molar-refractivity contribution in [3.8, 4) is 5.75 Å². The number of hydrogen-bond acceptors (Lipinski definition) is 6. The van der Waals surface area contributed by atoms with Gasteiger partial charge in [0.2, 0.25) is 0 Å². The molecule has 0 saturated heterocycles. The van der Waals surface area contributed by atoms with E-state index in [1.807, 2.05) is 38.1 Å². The number of ketones is 1. The fourth-order valence-corrected chi connectivity index (χ4v) is 4.79. The molecule has 8 nitrogen and oxygen atoms in total. The van der Waals surface area contributed by atoms with Crippen molar-refractivity contribution in [2.24, 2.45) is 11.3 Å². The summed E-state index contributed by atoms with van der Waals surface area (Å²) in [6, 6.07) is 11.9. The second-order valence-corrected chi connectivity index (χ2v) is 9.58. The number of carbonyl (C=O) groups is 3. The van der Waals surface area contributed by atoms with Gasteiger partial charge >= 0.3 is 18.1 Å². The van der Waals surface area contributed by atoms with Crippen LogP contribution in [0.1, 0.15) is 49.4 Å². The summed E-state index contributed by atoms with van der Waals surface area (Å²) >= 11 is 0. The monoisotopic (exact) mass is 522 g/mol. The zero-order valence-corrected chi connectivity index (χ0v) is 20.5. The fraction of sp³-hybridized carbons (Fsp3) is 0.462. The zero-order valence-electron chi connectivity index (χ0n) is 20.5. The molecule has 2 unspecified atom stereocenters. The molecule has 1 aliphatic heterocycles. The third-order valence-electron chi connectivity index (χ3n) is 6.61. The second-order valence-electron chi connectivity index (χ2n) is 9.58. The van der Waals surface area contributed by atoms with E-state index in [0.717, 1.165) is 48.6 Å². The average molecular weight is 523 g/mol. The normalized spacial score (nSPS) is 19.9. The number of nitrogens with one attached hydrogen (secondary N) is 1. The Kier molecular flexibility index (Phi) is 8.45. The van der Waals surface area contributed by atoms with Crippen molar-refractivity contribution >= 4 is 23.5 Å². The number of alkyl halides is 3. The Balaban J connectivity index is 0.000000479. The number of nitrogens with zero attached hydrogens (tertiary/aromatic N) is 1. The number of Topliss-reactive ketones (excluding diaryl/α,β-unsaturated/α-hetero) is 1. The van der Waals surface area contributed by atoms with Gasteiger partial charge < -0.3 is 20.3 Å². The Morgan fingerprint density at radius 1 is 1.14 bits per heavy atom. The van der Waals surface area contributed by atoms with Gasteiger partial charge in [-0.25, -0.2) is 9.78 Å². The molecular formula is C26H29F3N2O6. The number of carbonyl (C=O) groups excluding carboxylic acids is 1. The summed E-state index contributed by atoms with van der Waals surface area (Å²) in [4.78, 5) is 37.0. The number of carboxylic acids is 2. The van der Waals surface area contributed by atoms with Gasteiger partial charge in [0, 0.05) is 35.9 Å². The van der Waals surface area contributed by atoms with E-state index in [1.165, 1.54) is 5.56 Å². The second kappa shape index (κ2) is 11.2. The summed E-state index contributed by atoms with van der Waals surface area (Å²) in [5.74, 6) is -2.44. The molecule has 0 amide bonds. The van der Waals surface area contributed by atoms with Crippen LogP contribution in [0, 0.1) is 11.3 Å². The first-order chi connectivity index (χ1) is 17.3. The molecule has 200 valence electrons. The van der Waals surface area contributed by atoms with Crippen LogP contribution in [0.2, 0.25) is 0 Å². The molecule has 2 aliphatic rings. The number of hydrogen-bond donors (Lipinski definition) is 3. The van der Waals surface area contributed by atoms with Crippen LogP contribution in [0.15, 0.2) is 36.4 Å². The maximum Gasteiger partial charge on any atom is 0.490 e. The van der Waals surface area contributed by atoms with Gasteiger partial charge in [0.1, 0.15) is 17.4 Å². The molecule has 1 aromatic heterocycles. The molecule has 3 N–H and O–H groups in total. The van der Waals surface area contributed by atoms with Crippen LogP contribution in [0.5, 0.6) is 5.75 Å². The third-order valence-corrected chi connectivity index (χ3v) is 6.61. The van der Waals surface area contributed by atoms with Crippen LogP contribution < -0.4 is 10.1 Å². The third kappa shape index (κ3) is 6.78. The van der Waals surface area contributed by atoms with Gasteiger partial charge in [0.25, 0.3) is 0 Å². The van der Waals surface area contributed by atoms with Crippen LogP contribution in [0.25, 0.3) is 0 Å². The first-order valence-electron chi connectivity index (χ1n) is 11.8. The summed E-state index contributed by atoms with van der Waals surface area (Å²) in [6.45, 7) is 5.29. The van der Waals surface area contributed by atoms with Gasteiger partial charge in [0.15, 0.2) is 0 Å². The molecule has 1 saturated carbocycles. The topological polar surface area (TPSA) is 126 Å². The maximum atomic E-state index is 12.3. The van der Waals surface area contributed by atoms with Crippen molar-refractivity contribution in [2.75, 3.05) is 18.5 Å². The number of rotatable bonds is 7. The number of halogens is 3. The number of ether oxygens (including phenoxy) is 1. The number of aliphatic carboxylic acids is 2. The number of benzene rings is 1. The first kappa shape index (κ1) is 27.9. The van der Waals surface area contributed by atoms with E-state index in [1.54, 1.807) is 0 Å². The molecule has 4 rings (SSSR count). The maximum absolute atomic E-state index is 12.3. The molecule has 0 spiro atoms. The van der Waals surface area contributed by atoms with Crippen molar-refractivity contribution in [3.05, 3.63) is 53.2 Å². The summed E-state index contributed by atoms with van der Waals surface area (Å²) in [7, 11) is 0. The Bertz CT molecular complexity index is 1150. The van der Waals surface area contributed by atoms with Gasteiger partial charge in [-0.3, -0.25) is 9.59 Å². The van der Waals surface area contributed by atoms with Crippen LogP contribution in [-0.4, -0.2) is 52.2 Å². The number of carboxylic acid groups (broad SMARTS) is 2. The summed E-state index contributed by atoms with van der Waals surface area (Å²) in [6.07, 6.45) is -2.25. The molecule has 1 aliphatic carbocycles. The first-order valence-corrected chi connectivity index (χ1v) is 11.8. The number of fused-ring (bicyclic) bond motifs is 1. The predicted octanol–water partition coefficient (Wildman–Crippen LogP) is 4.48. The van der Waals surface area contributed by atoms with Crippen LogP contribution >= 0.6 is 0 Å². The van der Waals surface area contributed by atoms with Crippen LogP contribution in [0.3, 0.4) is 0 Å². The molecule has 0 radical (unpaired) electrons. The lowest BCUT2D eigenvalue weighted by Gasteiger charge is -2.49. The highest BCUT2D eigenvalue weighted by molar-refractivity contribution is 5.97. The fourth-order valence-electron chi connectivity index (χ4n) is 4.79. The largest absolute Gasteiger partial charge is 0.493 e. The highest BCUT2D eigenvalue weighted by atomic mass is 19.4. The number of anilines is 1. The van der Waals surface area contributed by atoms with Crippen molar-refractivity contribution in [1.29, 1.82) is 0 Å². The minimum Gasteiger partial charge on any atom is -0.493 e. The standard InChI is InChI=1S/C24H28N2O4.C2HF3O2/c1-24(2)21(19(22(24)29)14-20(27)28)15-6-9-18(10-7-15)30-13-11-17-8-5-16-4-3-12-25-23(16)26-17;3-2(4,5)1(6)7/h5-10,19,21H,3-4,11-14H2,1-2H3,(H,25,26)(H,27,28);(H,6,7). The molecule has 2 atom stereocenters. The lowest BCUT2D eigenvalue weighted by Crippen LogP contribution is -2.53. The van der Waals surface area contributed by atoms with Crippen molar-refractivity contribution in [1.82, 2.24) is 4.98 Å². The van der Waals surface area contributed by atoms with Crippen LogP contribution in [0.4, 0.5) is 19.0 Å². The predicted molar refractivity (Wildman–Crippen MR) is 128 cm³/mol.